The monoisotopic (exact) mass is 447 g/mol. The Hall–Kier alpha value is -2.77. The number of aliphatic imine (C=N–C) groups is 1. The van der Waals surface area contributed by atoms with Gasteiger partial charge in [-0.25, -0.2) is 9.79 Å². The average molecular weight is 448 g/mol. The Balaban J connectivity index is 2.23. The highest BCUT2D eigenvalue weighted by molar-refractivity contribution is 6.45. The van der Waals surface area contributed by atoms with Crippen molar-refractivity contribution >= 4 is 35.1 Å². The second-order valence-electron chi connectivity index (χ2n) is 6.91. The number of hydrogen-bond acceptors (Lipinski definition) is 5. The molecule has 0 fully saturated rings. The number of halogens is 1. The Bertz CT molecular complexity index is 1030. The molecule has 0 bridgehead atoms. The van der Waals surface area contributed by atoms with Crippen LogP contribution in [0.1, 0.15) is 37.8 Å². The molecule has 0 aliphatic carbocycles. The minimum Gasteiger partial charge on any atom is -0.496 e. The summed E-state index contributed by atoms with van der Waals surface area (Å²) in [5.41, 5.74) is 7.77. The third-order valence-electron chi connectivity index (χ3n) is 4.48. The van der Waals surface area contributed by atoms with Crippen LogP contribution in [-0.4, -0.2) is 36.7 Å². The van der Waals surface area contributed by atoms with E-state index < -0.39 is 0 Å². The molecule has 0 aliphatic heterocycles. The summed E-state index contributed by atoms with van der Waals surface area (Å²) in [7, 11) is 1.61. The largest absolute Gasteiger partial charge is 0.496 e. The Kier molecular flexibility index (Phi) is 9.62. The molecule has 2 rings (SSSR count). The molecule has 0 atom stereocenters. The van der Waals surface area contributed by atoms with Gasteiger partial charge in [0.25, 0.3) is 0 Å². The molecule has 31 heavy (non-hydrogen) atoms. The van der Waals surface area contributed by atoms with Crippen molar-refractivity contribution in [2.45, 2.75) is 39.8 Å². The summed E-state index contributed by atoms with van der Waals surface area (Å²) in [4.78, 5) is 15.7. The molecular formula is C23H30ClN3O4. The number of ether oxygens (including phenoxy) is 3. The van der Waals surface area contributed by atoms with Gasteiger partial charge < -0.3 is 24.5 Å². The highest BCUT2D eigenvalue weighted by Crippen LogP contribution is 2.21. The molecule has 0 amide bonds. The fourth-order valence-corrected chi connectivity index (χ4v) is 3.38. The number of nitrogens with two attached hydrogens (primary N) is 1. The van der Waals surface area contributed by atoms with E-state index in [4.69, 9.17) is 31.5 Å². The number of hydrogen-bond donors (Lipinski definition) is 1. The van der Waals surface area contributed by atoms with Crippen LogP contribution in [0.2, 0.25) is 0 Å². The van der Waals surface area contributed by atoms with Crippen LogP contribution in [0.25, 0.3) is 11.7 Å². The van der Waals surface area contributed by atoms with Crippen LogP contribution < -0.4 is 21.0 Å². The molecular weight excluding hydrogens is 418 g/mol. The maximum absolute atomic E-state index is 11.4. The number of methoxy groups -OCH3 is 1. The second-order valence-corrected chi connectivity index (χ2v) is 7.26. The van der Waals surface area contributed by atoms with Crippen molar-refractivity contribution in [3.05, 3.63) is 52.2 Å². The lowest BCUT2D eigenvalue weighted by atomic mass is 10.1. The molecule has 0 aliphatic rings. The topological polar surface area (TPSA) is 88.1 Å². The van der Waals surface area contributed by atoms with E-state index >= 15 is 0 Å². The van der Waals surface area contributed by atoms with Gasteiger partial charge >= 0.3 is 5.97 Å². The first-order valence-electron chi connectivity index (χ1n) is 10.2. The highest BCUT2D eigenvalue weighted by atomic mass is 35.5. The van der Waals surface area contributed by atoms with Crippen LogP contribution in [0.3, 0.4) is 0 Å². The zero-order valence-electron chi connectivity index (χ0n) is 18.3. The molecule has 1 heterocycles. The number of aromatic nitrogens is 1. The summed E-state index contributed by atoms with van der Waals surface area (Å²) >= 11 is 6.46. The molecule has 0 radical (unpaired) electrons. The molecule has 8 heteroatoms. The van der Waals surface area contributed by atoms with E-state index in [2.05, 4.69) is 11.6 Å². The lowest BCUT2D eigenvalue weighted by Crippen LogP contribution is -2.30. The van der Waals surface area contributed by atoms with Gasteiger partial charge in [-0.15, -0.1) is 0 Å². The SMILES string of the molecule is C=c1ccn(Cc2ccc(COCC(=O)OCC)cc2OC)/c1=C(Cl)/N=C(/N)CCC. The van der Waals surface area contributed by atoms with Gasteiger partial charge in [0, 0.05) is 18.2 Å². The summed E-state index contributed by atoms with van der Waals surface area (Å²) in [5, 5.41) is 1.79. The third-order valence-corrected chi connectivity index (χ3v) is 4.74. The van der Waals surface area contributed by atoms with Crippen molar-refractivity contribution in [2.24, 2.45) is 10.7 Å². The number of carbonyl (C=O) groups is 1. The molecule has 2 N–H and O–H groups in total. The molecule has 7 nitrogen and oxygen atoms in total. The lowest BCUT2D eigenvalue weighted by molar-refractivity contribution is -0.148. The average Bonchev–Trinajstić information content (AvgIpc) is 3.09. The van der Waals surface area contributed by atoms with Crippen molar-refractivity contribution < 1.29 is 19.0 Å². The Morgan fingerprint density at radius 3 is 2.74 bits per heavy atom. The molecule has 0 saturated heterocycles. The van der Waals surface area contributed by atoms with Gasteiger partial charge in [0.05, 0.1) is 32.2 Å². The summed E-state index contributed by atoms with van der Waals surface area (Å²) in [6.45, 7) is 8.87. The normalized spacial score (nSPS) is 12.6. The second kappa shape index (κ2) is 12.2. The van der Waals surface area contributed by atoms with Crippen molar-refractivity contribution in [1.29, 1.82) is 0 Å². The minimum absolute atomic E-state index is 0.0904. The molecule has 1 aromatic heterocycles. The minimum atomic E-state index is -0.384. The van der Waals surface area contributed by atoms with E-state index in [0.717, 1.165) is 22.8 Å². The van der Waals surface area contributed by atoms with Crippen LogP contribution in [0, 0.1) is 0 Å². The van der Waals surface area contributed by atoms with Gasteiger partial charge in [0.2, 0.25) is 0 Å². The smallest absolute Gasteiger partial charge is 0.332 e. The maximum Gasteiger partial charge on any atom is 0.332 e. The van der Waals surface area contributed by atoms with Crippen LogP contribution in [0.5, 0.6) is 5.75 Å². The quantitative estimate of drug-likeness (QED) is 0.247. The van der Waals surface area contributed by atoms with Gasteiger partial charge in [0.1, 0.15) is 18.2 Å². The molecule has 168 valence electrons. The summed E-state index contributed by atoms with van der Waals surface area (Å²) < 4.78 is 17.8. The van der Waals surface area contributed by atoms with Gasteiger partial charge in [-0.05, 0) is 36.3 Å². The zero-order valence-corrected chi connectivity index (χ0v) is 19.1. The Morgan fingerprint density at radius 2 is 2.06 bits per heavy atom. The standard InChI is InChI=1S/C23H30ClN3O4/c1-5-7-20(25)26-23(24)22-16(3)10-11-27(22)13-18-9-8-17(12-19(18)29-4)14-30-15-21(28)31-6-2/h8-12H,3,5-7,13-15H2,1-2,4H3,(H2,25,26)/b23-22+. The first-order valence-corrected chi connectivity index (χ1v) is 10.5. The van der Waals surface area contributed by atoms with E-state index in [-0.39, 0.29) is 19.2 Å². The first-order chi connectivity index (χ1) is 14.9. The van der Waals surface area contributed by atoms with Crippen LogP contribution in [0.15, 0.2) is 35.5 Å². The number of rotatable bonds is 11. The zero-order chi connectivity index (χ0) is 22.8. The van der Waals surface area contributed by atoms with E-state index in [9.17, 15) is 4.79 Å². The number of carbonyl (C=O) groups excluding carboxylic acids is 1. The highest BCUT2D eigenvalue weighted by Gasteiger charge is 2.09. The fourth-order valence-electron chi connectivity index (χ4n) is 3.04. The van der Waals surface area contributed by atoms with Gasteiger partial charge in [0.15, 0.2) is 5.16 Å². The summed E-state index contributed by atoms with van der Waals surface area (Å²) in [6.07, 6.45) is 3.48. The molecule has 0 saturated carbocycles. The number of benzene rings is 1. The van der Waals surface area contributed by atoms with E-state index in [1.807, 2.05) is 42.0 Å². The first kappa shape index (κ1) is 24.5. The summed E-state index contributed by atoms with van der Waals surface area (Å²) in [6, 6.07) is 7.65. The lowest BCUT2D eigenvalue weighted by Gasteiger charge is -2.12. The van der Waals surface area contributed by atoms with Gasteiger partial charge in [-0.2, -0.15) is 0 Å². The number of nitrogens with zero attached hydrogens (tertiary/aromatic N) is 2. The van der Waals surface area contributed by atoms with E-state index in [1.165, 1.54) is 0 Å². The fraction of sp³-hybridized carbons (Fsp3) is 0.391. The van der Waals surface area contributed by atoms with Crippen molar-refractivity contribution in [2.75, 3.05) is 20.3 Å². The van der Waals surface area contributed by atoms with Crippen molar-refractivity contribution in [3.8, 4) is 5.75 Å². The Morgan fingerprint density at radius 1 is 1.29 bits per heavy atom. The van der Waals surface area contributed by atoms with E-state index in [0.29, 0.717) is 41.7 Å². The van der Waals surface area contributed by atoms with Crippen LogP contribution in [-0.2, 0) is 27.4 Å². The number of esters is 1. The molecule has 2 aromatic rings. The predicted molar refractivity (Wildman–Crippen MR) is 123 cm³/mol. The summed E-state index contributed by atoms with van der Waals surface area (Å²) in [5.74, 6) is 0.808. The third kappa shape index (κ3) is 7.15. The predicted octanol–water partition coefficient (Wildman–Crippen LogP) is 2.50. The number of amidine groups is 1. The molecule has 0 spiro atoms. The Labute approximate surface area is 187 Å². The van der Waals surface area contributed by atoms with Crippen LogP contribution in [0.4, 0.5) is 0 Å². The van der Waals surface area contributed by atoms with Gasteiger partial charge in [-0.1, -0.05) is 37.2 Å². The van der Waals surface area contributed by atoms with Gasteiger partial charge in [-0.3, -0.25) is 0 Å². The maximum atomic E-state index is 11.4. The van der Waals surface area contributed by atoms with E-state index in [1.54, 1.807) is 14.0 Å². The van der Waals surface area contributed by atoms with Crippen LogP contribution >= 0.6 is 11.6 Å². The van der Waals surface area contributed by atoms with Crippen molar-refractivity contribution in [3.63, 3.8) is 0 Å². The van der Waals surface area contributed by atoms with Crippen molar-refractivity contribution in [1.82, 2.24) is 4.57 Å². The molecule has 1 aromatic carbocycles. The molecule has 0 unspecified atom stereocenters.